The van der Waals surface area contributed by atoms with Crippen molar-refractivity contribution < 1.29 is 29.9 Å². The van der Waals surface area contributed by atoms with E-state index in [4.69, 9.17) is 9.47 Å². The predicted molar refractivity (Wildman–Crippen MR) is 107 cm³/mol. The Kier molecular flexibility index (Phi) is 10.2. The van der Waals surface area contributed by atoms with Crippen LogP contribution in [0.4, 0.5) is 0 Å². The minimum absolute atomic E-state index is 0.429. The molecular formula is C22H36O6. The highest BCUT2D eigenvalue weighted by atomic mass is 16.5. The van der Waals surface area contributed by atoms with Gasteiger partial charge in [-0.25, -0.2) is 0 Å². The van der Waals surface area contributed by atoms with E-state index in [1.807, 2.05) is 12.1 Å². The van der Waals surface area contributed by atoms with Crippen molar-refractivity contribution >= 4 is 0 Å². The predicted octanol–water partition coefficient (Wildman–Crippen LogP) is 2.72. The van der Waals surface area contributed by atoms with E-state index in [1.54, 1.807) is 12.1 Å². The van der Waals surface area contributed by atoms with Crippen molar-refractivity contribution in [3.05, 3.63) is 29.8 Å². The van der Waals surface area contributed by atoms with Gasteiger partial charge in [0.25, 0.3) is 0 Å². The molecular weight excluding hydrogens is 360 g/mol. The Labute approximate surface area is 168 Å². The van der Waals surface area contributed by atoms with E-state index in [1.165, 1.54) is 44.9 Å². The molecule has 28 heavy (non-hydrogen) atoms. The summed E-state index contributed by atoms with van der Waals surface area (Å²) >= 11 is 0. The van der Waals surface area contributed by atoms with Crippen molar-refractivity contribution in [3.63, 3.8) is 0 Å². The summed E-state index contributed by atoms with van der Waals surface area (Å²) in [5.41, 5.74) is 0.663. The number of aliphatic hydroxyl groups excluding tert-OH is 4. The molecule has 2 rings (SSSR count). The molecule has 0 aromatic heterocycles. The maximum atomic E-state index is 10.2. The molecule has 6 nitrogen and oxygen atoms in total. The second kappa shape index (κ2) is 12.4. The number of benzene rings is 1. The van der Waals surface area contributed by atoms with Crippen molar-refractivity contribution in [2.45, 2.75) is 88.8 Å². The van der Waals surface area contributed by atoms with E-state index in [2.05, 4.69) is 6.92 Å². The third-order valence-corrected chi connectivity index (χ3v) is 5.37. The zero-order chi connectivity index (χ0) is 20.4. The van der Waals surface area contributed by atoms with Crippen LogP contribution < -0.4 is 4.74 Å². The van der Waals surface area contributed by atoms with Gasteiger partial charge in [0.1, 0.15) is 36.3 Å². The summed E-state index contributed by atoms with van der Waals surface area (Å²) in [6.45, 7) is 2.48. The maximum absolute atomic E-state index is 10.2. The van der Waals surface area contributed by atoms with Crippen LogP contribution in [-0.2, 0) is 4.74 Å². The molecule has 0 radical (unpaired) electrons. The molecule has 0 saturated carbocycles. The van der Waals surface area contributed by atoms with Gasteiger partial charge in [-0.05, 0) is 24.1 Å². The van der Waals surface area contributed by atoms with Crippen molar-refractivity contribution in [1.29, 1.82) is 0 Å². The second-order valence-corrected chi connectivity index (χ2v) is 7.64. The quantitative estimate of drug-likeness (QED) is 0.406. The first-order chi connectivity index (χ1) is 13.6. The molecule has 160 valence electrons. The van der Waals surface area contributed by atoms with Gasteiger partial charge in [0, 0.05) is 0 Å². The maximum Gasteiger partial charge on any atom is 0.119 e. The zero-order valence-corrected chi connectivity index (χ0v) is 16.9. The number of unbranched alkanes of at least 4 members (excludes halogenated alkanes) is 7. The first-order valence-corrected chi connectivity index (χ1v) is 10.6. The number of ether oxygens (including phenoxy) is 2. The third-order valence-electron chi connectivity index (χ3n) is 5.37. The number of hydrogen-bond donors (Lipinski definition) is 4. The molecule has 0 aliphatic carbocycles. The fourth-order valence-corrected chi connectivity index (χ4v) is 3.56. The van der Waals surface area contributed by atoms with Gasteiger partial charge in [-0.1, -0.05) is 64.0 Å². The molecule has 1 heterocycles. The first-order valence-electron chi connectivity index (χ1n) is 10.6. The summed E-state index contributed by atoms with van der Waals surface area (Å²) in [5, 5.41) is 39.3. The highest BCUT2D eigenvalue weighted by Gasteiger charge is 2.43. The minimum atomic E-state index is -1.37. The van der Waals surface area contributed by atoms with Crippen LogP contribution in [0.5, 0.6) is 5.75 Å². The van der Waals surface area contributed by atoms with Crippen LogP contribution in [0.1, 0.15) is 70.0 Å². The molecule has 0 bridgehead atoms. The van der Waals surface area contributed by atoms with Crippen molar-refractivity contribution in [2.75, 3.05) is 13.2 Å². The SMILES string of the molecule is CCCCCCCCCCOc1ccc([C@@H]2O[C@H](CO)[C@@H](O)[C@H](O)[C@H]2O)cc1. The Morgan fingerprint density at radius 1 is 0.821 bits per heavy atom. The normalized spacial score (nSPS) is 27.7. The molecule has 1 aromatic carbocycles. The molecule has 1 fully saturated rings. The standard InChI is InChI=1S/C22H36O6/c1-2-3-4-5-6-7-8-9-14-27-17-12-10-16(11-13-17)22-21(26)20(25)19(24)18(15-23)28-22/h10-13,18-26H,2-9,14-15H2,1H3/t18-,19-,20+,21-,22+/m1/s1. The molecule has 0 unspecified atom stereocenters. The fraction of sp³-hybridized carbons (Fsp3) is 0.727. The van der Waals surface area contributed by atoms with E-state index in [0.717, 1.165) is 12.2 Å². The van der Waals surface area contributed by atoms with Crippen LogP contribution in [0.15, 0.2) is 24.3 Å². The van der Waals surface area contributed by atoms with Gasteiger partial charge >= 0.3 is 0 Å². The van der Waals surface area contributed by atoms with Crippen LogP contribution in [0.25, 0.3) is 0 Å². The average molecular weight is 397 g/mol. The van der Waals surface area contributed by atoms with Gasteiger partial charge in [-0.15, -0.1) is 0 Å². The van der Waals surface area contributed by atoms with Crippen LogP contribution in [-0.4, -0.2) is 58.1 Å². The number of rotatable bonds is 12. The number of aliphatic hydroxyl groups is 4. The largest absolute Gasteiger partial charge is 0.494 e. The Bertz CT molecular complexity index is 532. The molecule has 4 N–H and O–H groups in total. The second-order valence-electron chi connectivity index (χ2n) is 7.64. The topological polar surface area (TPSA) is 99.4 Å². The van der Waals surface area contributed by atoms with Gasteiger partial charge < -0.3 is 29.9 Å². The van der Waals surface area contributed by atoms with E-state index in [-0.39, 0.29) is 0 Å². The molecule has 1 aromatic rings. The lowest BCUT2D eigenvalue weighted by Gasteiger charge is -2.40. The molecule has 5 atom stereocenters. The van der Waals surface area contributed by atoms with Crippen LogP contribution >= 0.6 is 0 Å². The third kappa shape index (κ3) is 6.71. The van der Waals surface area contributed by atoms with Crippen molar-refractivity contribution in [3.8, 4) is 5.75 Å². The van der Waals surface area contributed by atoms with Gasteiger partial charge in [0.05, 0.1) is 13.2 Å². The van der Waals surface area contributed by atoms with Crippen LogP contribution in [0, 0.1) is 0 Å². The van der Waals surface area contributed by atoms with Crippen molar-refractivity contribution in [2.24, 2.45) is 0 Å². The summed E-state index contributed by atoms with van der Waals surface area (Å²) in [6, 6.07) is 7.16. The molecule has 1 aliphatic heterocycles. The molecule has 0 spiro atoms. The van der Waals surface area contributed by atoms with Gasteiger partial charge in [0.15, 0.2) is 0 Å². The summed E-state index contributed by atoms with van der Waals surface area (Å²) in [5.74, 6) is 0.747. The van der Waals surface area contributed by atoms with Gasteiger partial charge in [-0.2, -0.15) is 0 Å². The highest BCUT2D eigenvalue weighted by Crippen LogP contribution is 2.33. The monoisotopic (exact) mass is 396 g/mol. The summed E-state index contributed by atoms with van der Waals surface area (Å²) in [6.07, 6.45) is 4.36. The van der Waals surface area contributed by atoms with Gasteiger partial charge in [-0.3, -0.25) is 0 Å². The molecule has 1 saturated heterocycles. The average Bonchev–Trinajstić information content (AvgIpc) is 2.72. The van der Waals surface area contributed by atoms with Crippen LogP contribution in [0.2, 0.25) is 0 Å². The summed E-state index contributed by atoms with van der Waals surface area (Å²) in [4.78, 5) is 0. The highest BCUT2D eigenvalue weighted by molar-refractivity contribution is 5.29. The van der Waals surface area contributed by atoms with Gasteiger partial charge in [0.2, 0.25) is 0 Å². The minimum Gasteiger partial charge on any atom is -0.494 e. The lowest BCUT2D eigenvalue weighted by molar-refractivity contribution is -0.231. The van der Waals surface area contributed by atoms with Crippen LogP contribution in [0.3, 0.4) is 0 Å². The van der Waals surface area contributed by atoms with E-state index in [9.17, 15) is 20.4 Å². The lowest BCUT2D eigenvalue weighted by Crippen LogP contribution is -2.55. The molecule has 0 amide bonds. The Morgan fingerprint density at radius 2 is 1.43 bits per heavy atom. The molecule has 6 heteroatoms. The van der Waals surface area contributed by atoms with E-state index >= 15 is 0 Å². The van der Waals surface area contributed by atoms with Crippen molar-refractivity contribution in [1.82, 2.24) is 0 Å². The van der Waals surface area contributed by atoms with E-state index < -0.39 is 37.1 Å². The Balaban J connectivity index is 1.72. The molecule has 1 aliphatic rings. The zero-order valence-electron chi connectivity index (χ0n) is 16.9. The first kappa shape index (κ1) is 23.1. The Hall–Kier alpha value is -1.18. The fourth-order valence-electron chi connectivity index (χ4n) is 3.56. The summed E-state index contributed by atoms with van der Waals surface area (Å²) < 4.78 is 11.3. The smallest absolute Gasteiger partial charge is 0.119 e. The summed E-state index contributed by atoms with van der Waals surface area (Å²) in [7, 11) is 0. The lowest BCUT2D eigenvalue weighted by atomic mass is 9.91. The Morgan fingerprint density at radius 3 is 2.04 bits per heavy atom. The van der Waals surface area contributed by atoms with E-state index in [0.29, 0.717) is 12.2 Å². The number of hydrogen-bond acceptors (Lipinski definition) is 6.